The molecule has 2 N–H and O–H groups in total. The van der Waals surface area contributed by atoms with Crippen molar-refractivity contribution in [1.82, 2.24) is 4.98 Å². The zero-order valence-corrected chi connectivity index (χ0v) is 14.3. The Labute approximate surface area is 131 Å². The highest BCUT2D eigenvalue weighted by Gasteiger charge is 2.21. The zero-order valence-electron chi connectivity index (χ0n) is 13.5. The van der Waals surface area contributed by atoms with Crippen LogP contribution >= 0.6 is 11.3 Å². The molecule has 0 aliphatic rings. The van der Waals surface area contributed by atoms with Gasteiger partial charge in [0.15, 0.2) is 0 Å². The summed E-state index contributed by atoms with van der Waals surface area (Å²) in [6, 6.07) is 6.27. The number of nitrogens with two attached hydrogens (primary N) is 1. The average Bonchev–Trinajstić information content (AvgIpc) is 2.69. The average molecular weight is 304 g/mol. The minimum Gasteiger partial charge on any atom is -0.493 e. The first-order valence-corrected chi connectivity index (χ1v) is 8.04. The van der Waals surface area contributed by atoms with E-state index in [1.165, 1.54) is 11.1 Å². The fraction of sp³-hybridized carbons (Fsp3) is 0.471. The Balaban J connectivity index is 1.98. The van der Waals surface area contributed by atoms with E-state index in [9.17, 15) is 0 Å². The molecule has 0 amide bonds. The molecule has 2 rings (SSSR count). The Morgan fingerprint density at radius 3 is 2.29 bits per heavy atom. The van der Waals surface area contributed by atoms with E-state index in [0.717, 1.165) is 27.7 Å². The van der Waals surface area contributed by atoms with Crippen molar-refractivity contribution in [2.45, 2.75) is 46.6 Å². The van der Waals surface area contributed by atoms with Crippen molar-refractivity contribution >= 4 is 11.3 Å². The normalized spacial score (nSPS) is 11.7. The van der Waals surface area contributed by atoms with Gasteiger partial charge >= 0.3 is 0 Å². The summed E-state index contributed by atoms with van der Waals surface area (Å²) in [6.07, 6.45) is 0.814. The van der Waals surface area contributed by atoms with Crippen molar-refractivity contribution in [2.75, 3.05) is 6.61 Å². The second-order valence-electron chi connectivity index (χ2n) is 6.17. The molecular formula is C17H24N2OS. The molecule has 0 bridgehead atoms. The van der Waals surface area contributed by atoms with Gasteiger partial charge in [-0.25, -0.2) is 4.98 Å². The summed E-state index contributed by atoms with van der Waals surface area (Å²) in [5.41, 5.74) is 9.32. The monoisotopic (exact) mass is 304 g/mol. The molecule has 0 aliphatic carbocycles. The van der Waals surface area contributed by atoms with Crippen molar-refractivity contribution in [2.24, 2.45) is 5.73 Å². The van der Waals surface area contributed by atoms with Gasteiger partial charge in [-0.3, -0.25) is 0 Å². The van der Waals surface area contributed by atoms with Crippen LogP contribution in [-0.4, -0.2) is 11.6 Å². The molecule has 0 aliphatic heterocycles. The molecule has 0 fully saturated rings. The number of hydrogen-bond donors (Lipinski definition) is 1. The maximum Gasteiger partial charge on any atom is 0.119 e. The van der Waals surface area contributed by atoms with Gasteiger partial charge in [0.25, 0.3) is 0 Å². The minimum atomic E-state index is -0.325. The molecule has 2 aromatic rings. The Hall–Kier alpha value is -1.39. The van der Waals surface area contributed by atoms with E-state index in [2.05, 4.69) is 37.0 Å². The van der Waals surface area contributed by atoms with Crippen molar-refractivity contribution in [1.29, 1.82) is 0 Å². The molecular weight excluding hydrogens is 280 g/mol. The maximum absolute atomic E-state index is 6.16. The Morgan fingerprint density at radius 1 is 1.14 bits per heavy atom. The highest BCUT2D eigenvalue weighted by Crippen LogP contribution is 2.28. The fourth-order valence-electron chi connectivity index (χ4n) is 2.43. The molecule has 21 heavy (non-hydrogen) atoms. The molecule has 3 nitrogen and oxygen atoms in total. The van der Waals surface area contributed by atoms with Gasteiger partial charge in [0.2, 0.25) is 0 Å². The van der Waals surface area contributed by atoms with E-state index in [4.69, 9.17) is 10.5 Å². The molecule has 0 saturated carbocycles. The third-order valence-electron chi connectivity index (χ3n) is 3.21. The summed E-state index contributed by atoms with van der Waals surface area (Å²) < 4.78 is 5.84. The maximum atomic E-state index is 6.16. The largest absolute Gasteiger partial charge is 0.493 e. The van der Waals surface area contributed by atoms with Crippen LogP contribution in [0.3, 0.4) is 0 Å². The van der Waals surface area contributed by atoms with Crippen molar-refractivity contribution < 1.29 is 4.74 Å². The number of ether oxygens (including phenoxy) is 1. The van der Waals surface area contributed by atoms with Crippen molar-refractivity contribution in [3.63, 3.8) is 0 Å². The molecule has 1 aromatic heterocycles. The van der Waals surface area contributed by atoms with Crippen molar-refractivity contribution in [3.8, 4) is 5.75 Å². The van der Waals surface area contributed by atoms with Crippen LogP contribution in [0.2, 0.25) is 0 Å². The second-order valence-corrected chi connectivity index (χ2v) is 7.25. The smallest absolute Gasteiger partial charge is 0.119 e. The number of aryl methyl sites for hydroxylation is 3. The molecule has 0 radical (unpaired) electrons. The van der Waals surface area contributed by atoms with Gasteiger partial charge in [-0.05, 0) is 57.9 Å². The van der Waals surface area contributed by atoms with Crippen LogP contribution in [0.25, 0.3) is 0 Å². The molecule has 1 heterocycles. The highest BCUT2D eigenvalue weighted by atomic mass is 32.1. The lowest BCUT2D eigenvalue weighted by atomic mass is 10.0. The van der Waals surface area contributed by atoms with Crippen LogP contribution in [-0.2, 0) is 12.0 Å². The van der Waals surface area contributed by atoms with E-state index in [-0.39, 0.29) is 5.54 Å². The standard InChI is InChI=1S/C17H24N2OS/c1-11-8-12(2)10-14(9-11)20-7-6-15-19-13(3)16(21-15)17(4,5)18/h8-10H,6-7,18H2,1-5H3. The minimum absolute atomic E-state index is 0.325. The van der Waals surface area contributed by atoms with Gasteiger partial charge in [-0.2, -0.15) is 0 Å². The third-order valence-corrected chi connectivity index (χ3v) is 4.76. The van der Waals surface area contributed by atoms with E-state index in [1.807, 2.05) is 20.8 Å². The highest BCUT2D eigenvalue weighted by molar-refractivity contribution is 7.11. The molecule has 0 unspecified atom stereocenters. The van der Waals surface area contributed by atoms with Crippen LogP contribution in [0.4, 0.5) is 0 Å². The number of benzene rings is 1. The lowest BCUT2D eigenvalue weighted by molar-refractivity contribution is 0.321. The number of rotatable bonds is 5. The first kappa shape index (κ1) is 16.0. The van der Waals surface area contributed by atoms with Crippen molar-refractivity contribution in [3.05, 3.63) is 44.9 Å². The van der Waals surface area contributed by atoms with Gasteiger partial charge in [0, 0.05) is 16.8 Å². The van der Waals surface area contributed by atoms with E-state index in [1.54, 1.807) is 11.3 Å². The number of thiazole rings is 1. The number of aromatic nitrogens is 1. The van der Waals surface area contributed by atoms with Crippen LogP contribution in [0.1, 0.15) is 40.6 Å². The first-order valence-electron chi connectivity index (χ1n) is 7.22. The molecule has 0 saturated heterocycles. The predicted octanol–water partition coefficient (Wildman–Crippen LogP) is 3.88. The van der Waals surface area contributed by atoms with Gasteiger partial charge < -0.3 is 10.5 Å². The topological polar surface area (TPSA) is 48.1 Å². The predicted molar refractivity (Wildman–Crippen MR) is 89.2 cm³/mol. The summed E-state index contributed by atoms with van der Waals surface area (Å²) in [4.78, 5) is 5.76. The zero-order chi connectivity index (χ0) is 15.6. The summed E-state index contributed by atoms with van der Waals surface area (Å²) >= 11 is 1.69. The van der Waals surface area contributed by atoms with E-state index < -0.39 is 0 Å². The summed E-state index contributed by atoms with van der Waals surface area (Å²) in [5.74, 6) is 0.931. The molecule has 4 heteroatoms. The molecule has 1 aromatic carbocycles. The molecule has 0 spiro atoms. The lowest BCUT2D eigenvalue weighted by Crippen LogP contribution is -2.28. The second kappa shape index (κ2) is 6.16. The fourth-order valence-corrected chi connectivity index (χ4v) is 3.49. The van der Waals surface area contributed by atoms with Crippen LogP contribution in [0, 0.1) is 20.8 Å². The summed E-state index contributed by atoms with van der Waals surface area (Å²) in [5, 5.41) is 1.09. The van der Waals surface area contributed by atoms with Crippen LogP contribution < -0.4 is 10.5 Å². The summed E-state index contributed by atoms with van der Waals surface area (Å²) in [7, 11) is 0. The summed E-state index contributed by atoms with van der Waals surface area (Å²) in [6.45, 7) is 10.9. The third kappa shape index (κ3) is 4.29. The molecule has 0 atom stereocenters. The SMILES string of the molecule is Cc1cc(C)cc(OCCc2nc(C)c(C(C)(C)N)s2)c1. The van der Waals surface area contributed by atoms with Crippen LogP contribution in [0.15, 0.2) is 18.2 Å². The molecule has 114 valence electrons. The number of hydrogen-bond acceptors (Lipinski definition) is 4. The van der Waals surface area contributed by atoms with Gasteiger partial charge in [-0.15, -0.1) is 11.3 Å². The van der Waals surface area contributed by atoms with Crippen LogP contribution in [0.5, 0.6) is 5.75 Å². The Kier molecular flexibility index (Phi) is 4.69. The Bertz CT molecular complexity index is 606. The van der Waals surface area contributed by atoms with E-state index >= 15 is 0 Å². The Morgan fingerprint density at radius 2 is 1.76 bits per heavy atom. The van der Waals surface area contributed by atoms with Gasteiger partial charge in [-0.1, -0.05) is 6.07 Å². The quantitative estimate of drug-likeness (QED) is 0.912. The lowest BCUT2D eigenvalue weighted by Gasteiger charge is -2.16. The van der Waals surface area contributed by atoms with E-state index in [0.29, 0.717) is 6.61 Å². The first-order chi connectivity index (χ1) is 9.75. The van der Waals surface area contributed by atoms with Gasteiger partial charge in [0.05, 0.1) is 17.3 Å². The number of nitrogens with zero attached hydrogens (tertiary/aromatic N) is 1. The van der Waals surface area contributed by atoms with Gasteiger partial charge in [0.1, 0.15) is 5.75 Å².